The molecule has 100 valence electrons. The molecule has 1 heterocycles. The summed E-state index contributed by atoms with van der Waals surface area (Å²) in [7, 11) is 0. The predicted molar refractivity (Wildman–Crippen MR) is 92.9 cm³/mol. The van der Waals surface area contributed by atoms with Gasteiger partial charge in [0, 0.05) is 19.3 Å². The number of nitrogens with one attached hydrogen (secondary N) is 1. The highest BCUT2D eigenvalue weighted by Gasteiger charge is 2.27. The molecule has 0 bridgehead atoms. The van der Waals surface area contributed by atoms with Gasteiger partial charge in [-0.2, -0.15) is 0 Å². The van der Waals surface area contributed by atoms with E-state index in [2.05, 4.69) is 43.8 Å². The van der Waals surface area contributed by atoms with Crippen LogP contribution in [0.4, 0.5) is 5.69 Å². The first-order chi connectivity index (χ1) is 9.56. The van der Waals surface area contributed by atoms with Gasteiger partial charge in [-0.3, -0.25) is 4.79 Å². The van der Waals surface area contributed by atoms with Crippen molar-refractivity contribution in [3.63, 3.8) is 0 Å². The van der Waals surface area contributed by atoms with E-state index < -0.39 is 0 Å². The SMILES string of the molecule is N/C(=C1/C(=O)Nc2ccc(Br)cc21)c1ccc(I)cc1. The number of hydrogen-bond acceptors (Lipinski definition) is 2. The minimum atomic E-state index is -0.158. The minimum Gasteiger partial charge on any atom is -0.398 e. The number of benzene rings is 2. The molecule has 0 saturated carbocycles. The van der Waals surface area contributed by atoms with Crippen LogP contribution in [0.3, 0.4) is 0 Å². The molecule has 3 rings (SSSR count). The maximum absolute atomic E-state index is 12.2. The Hall–Kier alpha value is -1.34. The van der Waals surface area contributed by atoms with Crippen LogP contribution in [0, 0.1) is 3.57 Å². The van der Waals surface area contributed by atoms with Gasteiger partial charge in [-0.15, -0.1) is 0 Å². The highest BCUT2D eigenvalue weighted by molar-refractivity contribution is 14.1. The lowest BCUT2D eigenvalue weighted by atomic mass is 10.0. The summed E-state index contributed by atoms with van der Waals surface area (Å²) in [5.74, 6) is -0.158. The monoisotopic (exact) mass is 440 g/mol. The third-order valence-corrected chi connectivity index (χ3v) is 4.36. The Labute approximate surface area is 138 Å². The van der Waals surface area contributed by atoms with Crippen molar-refractivity contribution < 1.29 is 4.79 Å². The van der Waals surface area contributed by atoms with Crippen molar-refractivity contribution >= 4 is 61.4 Å². The summed E-state index contributed by atoms with van der Waals surface area (Å²) in [6.07, 6.45) is 0. The first-order valence-electron chi connectivity index (χ1n) is 5.93. The molecule has 2 aromatic rings. The molecule has 0 saturated heterocycles. The second kappa shape index (κ2) is 5.21. The number of anilines is 1. The number of nitrogens with two attached hydrogens (primary N) is 1. The second-order valence-corrected chi connectivity index (χ2v) is 6.60. The fourth-order valence-electron chi connectivity index (χ4n) is 2.18. The van der Waals surface area contributed by atoms with E-state index in [-0.39, 0.29) is 5.91 Å². The number of carbonyl (C=O) groups is 1. The normalized spacial score (nSPS) is 15.8. The van der Waals surface area contributed by atoms with Gasteiger partial charge in [0.05, 0.1) is 11.3 Å². The third kappa shape index (κ3) is 2.35. The molecular formula is C15H10BrIN2O. The van der Waals surface area contributed by atoms with Gasteiger partial charge in [0.15, 0.2) is 0 Å². The van der Waals surface area contributed by atoms with Crippen molar-refractivity contribution in [2.75, 3.05) is 5.32 Å². The van der Waals surface area contributed by atoms with Crippen LogP contribution in [-0.2, 0) is 4.79 Å². The van der Waals surface area contributed by atoms with Crippen LogP contribution >= 0.6 is 38.5 Å². The van der Waals surface area contributed by atoms with E-state index in [1.807, 2.05) is 42.5 Å². The number of halogens is 2. The minimum absolute atomic E-state index is 0.158. The lowest BCUT2D eigenvalue weighted by molar-refractivity contribution is -0.110. The van der Waals surface area contributed by atoms with Crippen LogP contribution in [0.2, 0.25) is 0 Å². The molecule has 5 heteroatoms. The summed E-state index contributed by atoms with van der Waals surface area (Å²) >= 11 is 5.66. The van der Waals surface area contributed by atoms with Crippen molar-refractivity contribution in [3.8, 4) is 0 Å². The van der Waals surface area contributed by atoms with Crippen LogP contribution in [-0.4, -0.2) is 5.91 Å². The lowest BCUT2D eigenvalue weighted by Gasteiger charge is -2.06. The van der Waals surface area contributed by atoms with E-state index in [9.17, 15) is 4.79 Å². The van der Waals surface area contributed by atoms with E-state index in [1.54, 1.807) is 0 Å². The molecule has 3 nitrogen and oxygen atoms in total. The number of amides is 1. The van der Waals surface area contributed by atoms with Crippen LogP contribution in [0.25, 0.3) is 11.3 Å². The van der Waals surface area contributed by atoms with Gasteiger partial charge in [0.1, 0.15) is 0 Å². The molecule has 1 aliphatic heterocycles. The zero-order valence-corrected chi connectivity index (χ0v) is 14.0. The summed E-state index contributed by atoms with van der Waals surface area (Å²) in [6, 6.07) is 13.5. The van der Waals surface area contributed by atoms with Gasteiger partial charge in [0.25, 0.3) is 5.91 Å². The first-order valence-corrected chi connectivity index (χ1v) is 7.80. The molecule has 1 aliphatic rings. The van der Waals surface area contributed by atoms with Crippen molar-refractivity contribution in [3.05, 3.63) is 61.6 Å². The highest BCUT2D eigenvalue weighted by Crippen LogP contribution is 2.36. The summed E-state index contributed by atoms with van der Waals surface area (Å²) in [5.41, 5.74) is 9.71. The summed E-state index contributed by atoms with van der Waals surface area (Å²) in [6.45, 7) is 0. The molecule has 0 aliphatic carbocycles. The Bertz CT molecular complexity index is 738. The number of fused-ring (bicyclic) bond motifs is 1. The Morgan fingerprint density at radius 1 is 1.15 bits per heavy atom. The fourth-order valence-corrected chi connectivity index (χ4v) is 2.90. The first kappa shape index (κ1) is 13.6. The zero-order valence-electron chi connectivity index (χ0n) is 10.3. The van der Waals surface area contributed by atoms with Crippen molar-refractivity contribution in [2.45, 2.75) is 0 Å². The van der Waals surface area contributed by atoms with Crippen LogP contribution in [0.15, 0.2) is 46.9 Å². The predicted octanol–water partition coefficient (Wildman–Crippen LogP) is 3.83. The van der Waals surface area contributed by atoms with E-state index in [1.165, 1.54) is 0 Å². The Morgan fingerprint density at radius 2 is 1.85 bits per heavy atom. The van der Waals surface area contributed by atoms with Gasteiger partial charge in [-0.1, -0.05) is 28.1 Å². The van der Waals surface area contributed by atoms with Crippen molar-refractivity contribution in [1.29, 1.82) is 0 Å². The number of hydrogen-bond donors (Lipinski definition) is 2. The second-order valence-electron chi connectivity index (χ2n) is 4.44. The summed E-state index contributed by atoms with van der Waals surface area (Å²) in [4.78, 5) is 12.2. The maximum Gasteiger partial charge on any atom is 0.258 e. The van der Waals surface area contributed by atoms with Crippen molar-refractivity contribution in [1.82, 2.24) is 0 Å². The molecular weight excluding hydrogens is 431 g/mol. The average Bonchev–Trinajstić information content (AvgIpc) is 2.74. The average molecular weight is 441 g/mol. The van der Waals surface area contributed by atoms with E-state index in [0.29, 0.717) is 11.3 Å². The molecule has 0 fully saturated rings. The zero-order chi connectivity index (χ0) is 14.3. The molecule has 0 atom stereocenters. The molecule has 1 amide bonds. The summed E-state index contributed by atoms with van der Waals surface area (Å²) in [5, 5.41) is 2.84. The molecule has 20 heavy (non-hydrogen) atoms. The lowest BCUT2D eigenvalue weighted by Crippen LogP contribution is -2.09. The number of rotatable bonds is 1. The van der Waals surface area contributed by atoms with E-state index in [0.717, 1.165) is 24.9 Å². The van der Waals surface area contributed by atoms with Crippen LogP contribution in [0.1, 0.15) is 11.1 Å². The Morgan fingerprint density at radius 3 is 2.55 bits per heavy atom. The molecule has 3 N–H and O–H groups in total. The maximum atomic E-state index is 12.2. The van der Waals surface area contributed by atoms with Gasteiger partial charge in [0.2, 0.25) is 0 Å². The summed E-state index contributed by atoms with van der Waals surface area (Å²) < 4.78 is 2.05. The van der Waals surface area contributed by atoms with Gasteiger partial charge in [-0.05, 0) is 58.5 Å². The molecule has 2 aromatic carbocycles. The van der Waals surface area contributed by atoms with Crippen molar-refractivity contribution in [2.24, 2.45) is 5.73 Å². The van der Waals surface area contributed by atoms with E-state index in [4.69, 9.17) is 5.73 Å². The van der Waals surface area contributed by atoms with Gasteiger partial charge >= 0.3 is 0 Å². The molecule has 0 aromatic heterocycles. The topological polar surface area (TPSA) is 55.1 Å². The standard InChI is InChI=1S/C15H10BrIN2O/c16-9-3-6-12-11(7-9)13(15(20)19-12)14(18)8-1-4-10(17)5-2-8/h1-7H,18H2,(H,19,20)/b14-13+. The number of carbonyl (C=O) groups excluding carboxylic acids is 1. The quantitative estimate of drug-likeness (QED) is 0.523. The highest BCUT2D eigenvalue weighted by atomic mass is 127. The van der Waals surface area contributed by atoms with Crippen LogP contribution in [0.5, 0.6) is 0 Å². The third-order valence-electron chi connectivity index (χ3n) is 3.15. The largest absolute Gasteiger partial charge is 0.398 e. The smallest absolute Gasteiger partial charge is 0.258 e. The Kier molecular flexibility index (Phi) is 3.55. The van der Waals surface area contributed by atoms with Gasteiger partial charge < -0.3 is 11.1 Å². The molecule has 0 radical (unpaired) electrons. The molecule has 0 unspecified atom stereocenters. The van der Waals surface area contributed by atoms with Crippen LogP contribution < -0.4 is 11.1 Å². The van der Waals surface area contributed by atoms with Gasteiger partial charge in [-0.25, -0.2) is 0 Å². The fraction of sp³-hybridized carbons (Fsp3) is 0. The molecule has 0 spiro atoms. The Balaban J connectivity index is 2.18. The van der Waals surface area contributed by atoms with E-state index >= 15 is 0 Å².